The maximum atomic E-state index is 12.4. The molecule has 0 atom stereocenters. The average molecular weight is 345 g/mol. The maximum Gasteiger partial charge on any atom is 0.260 e. The van der Waals surface area contributed by atoms with Crippen molar-refractivity contribution in [3.8, 4) is 11.5 Å². The molecule has 1 aromatic carbocycles. The van der Waals surface area contributed by atoms with Crippen LogP contribution in [0, 0.1) is 0 Å². The molecule has 0 unspecified atom stereocenters. The molecule has 3 rings (SSSR count). The van der Waals surface area contributed by atoms with Gasteiger partial charge in [-0.3, -0.25) is 9.59 Å². The van der Waals surface area contributed by atoms with Gasteiger partial charge in [0, 0.05) is 18.8 Å². The summed E-state index contributed by atoms with van der Waals surface area (Å²) in [6, 6.07) is 10.6. The predicted molar refractivity (Wildman–Crippen MR) is 87.6 cm³/mol. The molecule has 24 heavy (non-hydrogen) atoms. The predicted octanol–water partition coefficient (Wildman–Crippen LogP) is 2.35. The Balaban J connectivity index is 1.76. The second kappa shape index (κ2) is 6.67. The Morgan fingerprint density at radius 3 is 2.79 bits per heavy atom. The Bertz CT molecular complexity index is 920. The number of H-pyrrole nitrogens is 1. The first-order valence-electron chi connectivity index (χ1n) is 7.06. The molecular weight excluding hydrogens is 332 g/mol. The smallest absolute Gasteiger partial charge is 0.260 e. The van der Waals surface area contributed by atoms with Crippen LogP contribution in [0.5, 0.6) is 0 Å². The van der Waals surface area contributed by atoms with E-state index >= 15 is 0 Å². The lowest BCUT2D eigenvalue weighted by molar-refractivity contribution is 0.0771. The molecule has 0 bridgehead atoms. The van der Waals surface area contributed by atoms with Gasteiger partial charge in [-0.25, -0.2) is 0 Å². The van der Waals surface area contributed by atoms with Gasteiger partial charge in [-0.15, -0.1) is 10.2 Å². The van der Waals surface area contributed by atoms with Crippen LogP contribution < -0.4 is 5.56 Å². The number of pyridine rings is 1. The SMILES string of the molecule is CN(Cc1nnc(-c2ccccc2)o1)C(=O)c1cc(Cl)c[nH]c1=O. The van der Waals surface area contributed by atoms with E-state index in [1.165, 1.54) is 24.2 Å². The maximum absolute atomic E-state index is 12.4. The molecule has 0 aliphatic heterocycles. The van der Waals surface area contributed by atoms with Crippen LogP contribution >= 0.6 is 11.6 Å². The summed E-state index contributed by atoms with van der Waals surface area (Å²) in [7, 11) is 1.54. The fraction of sp³-hybridized carbons (Fsp3) is 0.125. The van der Waals surface area contributed by atoms with Gasteiger partial charge >= 0.3 is 0 Å². The molecule has 0 saturated heterocycles. The third-order valence-corrected chi connectivity index (χ3v) is 3.52. The van der Waals surface area contributed by atoms with Gasteiger partial charge in [0.25, 0.3) is 11.5 Å². The van der Waals surface area contributed by atoms with Crippen molar-refractivity contribution in [2.75, 3.05) is 7.05 Å². The fourth-order valence-electron chi connectivity index (χ4n) is 2.11. The monoisotopic (exact) mass is 344 g/mol. The lowest BCUT2D eigenvalue weighted by atomic mass is 10.2. The Kier molecular flexibility index (Phi) is 4.43. The molecule has 7 nitrogen and oxygen atoms in total. The normalized spacial score (nSPS) is 10.6. The van der Waals surface area contributed by atoms with E-state index in [0.29, 0.717) is 5.89 Å². The van der Waals surface area contributed by atoms with Crippen molar-refractivity contribution in [2.45, 2.75) is 6.54 Å². The first kappa shape index (κ1) is 15.9. The van der Waals surface area contributed by atoms with Crippen molar-refractivity contribution in [2.24, 2.45) is 0 Å². The number of nitrogens with one attached hydrogen (secondary N) is 1. The molecule has 2 heterocycles. The Morgan fingerprint density at radius 1 is 1.29 bits per heavy atom. The van der Waals surface area contributed by atoms with Gasteiger partial charge in [-0.2, -0.15) is 0 Å². The third-order valence-electron chi connectivity index (χ3n) is 3.31. The Morgan fingerprint density at radius 2 is 2.04 bits per heavy atom. The Hall–Kier alpha value is -2.93. The van der Waals surface area contributed by atoms with Crippen molar-refractivity contribution in [1.29, 1.82) is 0 Å². The highest BCUT2D eigenvalue weighted by molar-refractivity contribution is 6.30. The summed E-state index contributed by atoms with van der Waals surface area (Å²) in [6.45, 7) is 0.0740. The average Bonchev–Trinajstić information content (AvgIpc) is 3.05. The third kappa shape index (κ3) is 3.36. The molecule has 0 fully saturated rings. The molecule has 1 N–H and O–H groups in total. The van der Waals surface area contributed by atoms with Gasteiger partial charge < -0.3 is 14.3 Å². The molecule has 3 aromatic rings. The molecule has 2 aromatic heterocycles. The lowest BCUT2D eigenvalue weighted by Gasteiger charge is -2.14. The van der Waals surface area contributed by atoms with Gasteiger partial charge in [-0.1, -0.05) is 29.8 Å². The van der Waals surface area contributed by atoms with Crippen molar-refractivity contribution in [3.63, 3.8) is 0 Å². The van der Waals surface area contributed by atoms with E-state index in [2.05, 4.69) is 15.2 Å². The van der Waals surface area contributed by atoms with Crippen molar-refractivity contribution in [3.05, 3.63) is 69.4 Å². The number of aromatic nitrogens is 3. The number of rotatable bonds is 4. The summed E-state index contributed by atoms with van der Waals surface area (Å²) in [6.07, 6.45) is 1.32. The van der Waals surface area contributed by atoms with Crippen molar-refractivity contribution in [1.82, 2.24) is 20.1 Å². The van der Waals surface area contributed by atoms with Crippen LogP contribution in [0.25, 0.3) is 11.5 Å². The summed E-state index contributed by atoms with van der Waals surface area (Å²) < 4.78 is 5.55. The lowest BCUT2D eigenvalue weighted by Crippen LogP contribution is -2.31. The van der Waals surface area contributed by atoms with Crippen LogP contribution in [-0.4, -0.2) is 33.0 Å². The number of hydrogen-bond acceptors (Lipinski definition) is 5. The summed E-state index contributed by atoms with van der Waals surface area (Å²) in [5, 5.41) is 8.16. The molecule has 0 aliphatic carbocycles. The van der Waals surface area contributed by atoms with Gasteiger partial charge in [0.05, 0.1) is 11.6 Å². The zero-order valence-electron chi connectivity index (χ0n) is 12.7. The highest BCUT2D eigenvalue weighted by Gasteiger charge is 2.19. The largest absolute Gasteiger partial charge is 0.419 e. The standard InChI is InChI=1S/C16H13ClN4O3/c1-21(16(23)12-7-11(17)8-18-14(12)22)9-13-19-20-15(24-13)10-5-3-2-4-6-10/h2-8H,9H2,1H3,(H,18,22). The van der Waals surface area contributed by atoms with Gasteiger partial charge in [0.1, 0.15) is 5.56 Å². The van der Waals surface area contributed by atoms with E-state index in [-0.39, 0.29) is 23.0 Å². The number of benzene rings is 1. The van der Waals surface area contributed by atoms with E-state index in [9.17, 15) is 9.59 Å². The molecule has 0 aliphatic rings. The number of nitrogens with zero attached hydrogens (tertiary/aromatic N) is 3. The zero-order chi connectivity index (χ0) is 17.1. The number of hydrogen-bond donors (Lipinski definition) is 1. The van der Waals surface area contributed by atoms with Crippen molar-refractivity contribution >= 4 is 17.5 Å². The van der Waals surface area contributed by atoms with E-state index in [1.54, 1.807) is 0 Å². The van der Waals surface area contributed by atoms with Crippen LogP contribution in [0.3, 0.4) is 0 Å². The van der Waals surface area contributed by atoms with Gasteiger partial charge in [0.2, 0.25) is 11.8 Å². The van der Waals surface area contributed by atoms with E-state index in [4.69, 9.17) is 16.0 Å². The highest BCUT2D eigenvalue weighted by atomic mass is 35.5. The summed E-state index contributed by atoms with van der Waals surface area (Å²) in [5.41, 5.74) is 0.232. The van der Waals surface area contributed by atoms with Crippen LogP contribution in [-0.2, 0) is 6.54 Å². The fourth-order valence-corrected chi connectivity index (χ4v) is 2.28. The first-order valence-corrected chi connectivity index (χ1v) is 7.44. The molecule has 0 saturated carbocycles. The van der Waals surface area contributed by atoms with Crippen LogP contribution in [0.4, 0.5) is 0 Å². The number of carbonyl (C=O) groups is 1. The Labute approximate surface area is 141 Å². The highest BCUT2D eigenvalue weighted by Crippen LogP contribution is 2.17. The van der Waals surface area contributed by atoms with Gasteiger partial charge in [0.15, 0.2) is 0 Å². The first-order chi connectivity index (χ1) is 11.5. The van der Waals surface area contributed by atoms with Crippen LogP contribution in [0.1, 0.15) is 16.2 Å². The topological polar surface area (TPSA) is 92.1 Å². The number of halogens is 1. The zero-order valence-corrected chi connectivity index (χ0v) is 13.4. The summed E-state index contributed by atoms with van der Waals surface area (Å²) >= 11 is 5.82. The second-order valence-corrected chi connectivity index (χ2v) is 5.53. The molecule has 1 amide bonds. The number of amides is 1. The minimum absolute atomic E-state index is 0.0483. The molecule has 8 heteroatoms. The molecule has 0 radical (unpaired) electrons. The van der Waals surface area contributed by atoms with Gasteiger partial charge in [-0.05, 0) is 18.2 Å². The van der Waals surface area contributed by atoms with E-state index in [1.807, 2.05) is 30.3 Å². The van der Waals surface area contributed by atoms with E-state index in [0.717, 1.165) is 5.56 Å². The summed E-state index contributed by atoms with van der Waals surface area (Å²) in [5.74, 6) is 0.147. The molecule has 122 valence electrons. The number of aromatic amines is 1. The minimum atomic E-state index is -0.508. The number of carbonyl (C=O) groups excluding carboxylic acids is 1. The molecule has 0 spiro atoms. The minimum Gasteiger partial charge on any atom is -0.419 e. The van der Waals surface area contributed by atoms with Crippen LogP contribution in [0.2, 0.25) is 5.02 Å². The molecular formula is C16H13ClN4O3. The van der Waals surface area contributed by atoms with Crippen LogP contribution in [0.15, 0.2) is 51.8 Å². The second-order valence-electron chi connectivity index (χ2n) is 5.09. The summed E-state index contributed by atoms with van der Waals surface area (Å²) in [4.78, 5) is 27.8. The quantitative estimate of drug-likeness (QED) is 0.784. The van der Waals surface area contributed by atoms with E-state index < -0.39 is 11.5 Å². The van der Waals surface area contributed by atoms with Crippen molar-refractivity contribution < 1.29 is 9.21 Å².